The Kier molecular flexibility index (Phi) is 3.46. The molecule has 88 valence electrons. The Morgan fingerprint density at radius 3 is 2.50 bits per heavy atom. The molecule has 16 heavy (non-hydrogen) atoms. The molecule has 0 spiro atoms. The third kappa shape index (κ3) is 2.29. The van der Waals surface area contributed by atoms with Crippen LogP contribution in [0.15, 0.2) is 18.2 Å². The molecule has 0 heterocycles. The first-order chi connectivity index (χ1) is 7.42. The number of ether oxygens (including phenoxy) is 1. The summed E-state index contributed by atoms with van der Waals surface area (Å²) in [4.78, 5) is 15.1. The lowest BCUT2D eigenvalue weighted by Gasteiger charge is -2.22. The van der Waals surface area contributed by atoms with Crippen molar-refractivity contribution in [1.29, 1.82) is 0 Å². The van der Waals surface area contributed by atoms with Crippen LogP contribution in [0.1, 0.15) is 19.4 Å². The smallest absolute Gasteiger partial charge is 0.311 e. The predicted octanol–water partition coefficient (Wildman–Crippen LogP) is 1.73. The average molecular weight is 226 g/mol. The first-order valence-corrected chi connectivity index (χ1v) is 4.63. The minimum Gasteiger partial charge on any atom is -0.490 e. The number of benzene rings is 1. The topological polar surface area (TPSA) is 87.6 Å². The van der Waals surface area contributed by atoms with Crippen LogP contribution in [0.4, 0.5) is 5.69 Å². The summed E-state index contributed by atoms with van der Waals surface area (Å²) in [6.07, 6.45) is 0. The van der Waals surface area contributed by atoms with E-state index in [1.807, 2.05) is 0 Å². The van der Waals surface area contributed by atoms with E-state index in [4.69, 9.17) is 15.5 Å². The summed E-state index contributed by atoms with van der Waals surface area (Å²) in [5.74, 6) is 5.34. The molecule has 1 aromatic rings. The van der Waals surface area contributed by atoms with Crippen LogP contribution in [0, 0.1) is 10.1 Å². The largest absolute Gasteiger partial charge is 0.490 e. The second kappa shape index (κ2) is 4.46. The summed E-state index contributed by atoms with van der Waals surface area (Å²) in [7, 11) is 1.38. The number of nitrogens with two attached hydrogens (primary N) is 1. The fraction of sp³-hybridized carbons (Fsp3) is 0.400. The van der Waals surface area contributed by atoms with Gasteiger partial charge in [0.25, 0.3) is 0 Å². The van der Waals surface area contributed by atoms with Gasteiger partial charge in [0.05, 0.1) is 12.0 Å². The molecule has 0 bridgehead atoms. The highest BCUT2D eigenvalue weighted by molar-refractivity contribution is 5.49. The van der Waals surface area contributed by atoms with E-state index in [2.05, 4.69) is 0 Å². The summed E-state index contributed by atoms with van der Waals surface area (Å²) >= 11 is 0. The fourth-order valence-electron chi connectivity index (χ4n) is 1.28. The standard InChI is InChI=1S/C10H14N2O4/c1-10(2,16-11)7-4-5-9(15-3)8(6-7)12(13)14/h4-6H,11H2,1-3H3. The van der Waals surface area contributed by atoms with E-state index < -0.39 is 10.5 Å². The Labute approximate surface area is 93.1 Å². The van der Waals surface area contributed by atoms with E-state index in [0.717, 1.165) is 0 Å². The van der Waals surface area contributed by atoms with Gasteiger partial charge in [0.2, 0.25) is 0 Å². The molecule has 1 rings (SSSR count). The normalized spacial score (nSPS) is 11.2. The van der Waals surface area contributed by atoms with Crippen molar-refractivity contribution >= 4 is 5.69 Å². The van der Waals surface area contributed by atoms with Gasteiger partial charge in [-0.25, -0.2) is 5.90 Å². The number of rotatable bonds is 4. The maximum atomic E-state index is 10.8. The number of methoxy groups -OCH3 is 1. The monoisotopic (exact) mass is 226 g/mol. The number of hydrogen-bond acceptors (Lipinski definition) is 5. The van der Waals surface area contributed by atoms with E-state index >= 15 is 0 Å². The number of nitro benzene ring substituents is 1. The molecule has 0 aliphatic rings. The Balaban J connectivity index is 3.27. The van der Waals surface area contributed by atoms with Crippen molar-refractivity contribution in [2.45, 2.75) is 19.4 Å². The van der Waals surface area contributed by atoms with E-state index in [9.17, 15) is 10.1 Å². The Morgan fingerprint density at radius 2 is 2.06 bits per heavy atom. The van der Waals surface area contributed by atoms with Crippen LogP contribution in [-0.2, 0) is 10.4 Å². The lowest BCUT2D eigenvalue weighted by molar-refractivity contribution is -0.385. The lowest BCUT2D eigenvalue weighted by Crippen LogP contribution is -2.25. The summed E-state index contributed by atoms with van der Waals surface area (Å²) in [6.45, 7) is 3.44. The molecule has 0 fully saturated rings. The Hall–Kier alpha value is -1.66. The van der Waals surface area contributed by atoms with Gasteiger partial charge in [0.1, 0.15) is 5.60 Å². The van der Waals surface area contributed by atoms with Gasteiger partial charge in [-0.15, -0.1) is 0 Å². The fourth-order valence-corrected chi connectivity index (χ4v) is 1.28. The lowest BCUT2D eigenvalue weighted by atomic mass is 9.97. The summed E-state index contributed by atoms with van der Waals surface area (Å²) in [6, 6.07) is 4.60. The molecule has 0 saturated carbocycles. The number of nitrogens with zero attached hydrogens (tertiary/aromatic N) is 1. The molecule has 1 aromatic carbocycles. The van der Waals surface area contributed by atoms with Gasteiger partial charge in [-0.05, 0) is 25.5 Å². The first kappa shape index (κ1) is 12.4. The maximum absolute atomic E-state index is 10.8. The molecule has 6 nitrogen and oxygen atoms in total. The SMILES string of the molecule is COc1ccc(C(C)(C)ON)cc1[N+](=O)[O-]. The van der Waals surface area contributed by atoms with Gasteiger partial charge >= 0.3 is 5.69 Å². The number of hydrogen-bond donors (Lipinski definition) is 1. The second-order valence-electron chi connectivity index (χ2n) is 3.77. The van der Waals surface area contributed by atoms with Gasteiger partial charge in [-0.2, -0.15) is 0 Å². The minimum absolute atomic E-state index is 0.106. The van der Waals surface area contributed by atoms with Crippen molar-refractivity contribution in [1.82, 2.24) is 0 Å². The highest BCUT2D eigenvalue weighted by atomic mass is 16.6. The van der Waals surface area contributed by atoms with Gasteiger partial charge in [0.15, 0.2) is 5.75 Å². The Bertz CT molecular complexity index is 404. The molecule has 0 aliphatic heterocycles. The van der Waals surface area contributed by atoms with E-state index in [1.165, 1.54) is 19.2 Å². The molecule has 0 saturated heterocycles. The minimum atomic E-state index is -0.781. The average Bonchev–Trinajstić information content (AvgIpc) is 2.28. The van der Waals surface area contributed by atoms with Gasteiger partial charge in [-0.3, -0.25) is 15.0 Å². The quantitative estimate of drug-likeness (QED) is 0.624. The molecular formula is C10H14N2O4. The zero-order valence-corrected chi connectivity index (χ0v) is 9.39. The molecule has 0 aromatic heterocycles. The van der Waals surface area contributed by atoms with Gasteiger partial charge in [0, 0.05) is 6.07 Å². The van der Waals surface area contributed by atoms with E-state index in [0.29, 0.717) is 5.56 Å². The summed E-state index contributed by atoms with van der Waals surface area (Å²) < 4.78 is 4.89. The summed E-state index contributed by atoms with van der Waals surface area (Å²) in [5.41, 5.74) is -0.274. The van der Waals surface area contributed by atoms with Crippen LogP contribution in [0.3, 0.4) is 0 Å². The van der Waals surface area contributed by atoms with Crippen LogP contribution in [-0.4, -0.2) is 12.0 Å². The van der Waals surface area contributed by atoms with E-state index in [1.54, 1.807) is 19.9 Å². The molecular weight excluding hydrogens is 212 g/mol. The van der Waals surface area contributed by atoms with Crippen molar-refractivity contribution in [3.05, 3.63) is 33.9 Å². The third-order valence-corrected chi connectivity index (χ3v) is 2.37. The molecule has 0 aliphatic carbocycles. The van der Waals surface area contributed by atoms with Crippen molar-refractivity contribution < 1.29 is 14.5 Å². The maximum Gasteiger partial charge on any atom is 0.311 e. The molecule has 2 N–H and O–H groups in total. The van der Waals surface area contributed by atoms with Crippen molar-refractivity contribution in [3.63, 3.8) is 0 Å². The molecule has 6 heteroatoms. The van der Waals surface area contributed by atoms with Crippen molar-refractivity contribution in [2.75, 3.05) is 7.11 Å². The molecule has 0 atom stereocenters. The Morgan fingerprint density at radius 1 is 1.44 bits per heavy atom. The van der Waals surface area contributed by atoms with Gasteiger partial charge in [-0.1, -0.05) is 6.07 Å². The highest BCUT2D eigenvalue weighted by Crippen LogP contribution is 2.32. The van der Waals surface area contributed by atoms with Crippen LogP contribution < -0.4 is 10.6 Å². The summed E-state index contributed by atoms with van der Waals surface area (Å²) in [5, 5.41) is 10.8. The molecule has 0 unspecified atom stereocenters. The predicted molar refractivity (Wildman–Crippen MR) is 57.9 cm³/mol. The van der Waals surface area contributed by atoms with Crippen LogP contribution in [0.25, 0.3) is 0 Å². The van der Waals surface area contributed by atoms with Crippen LogP contribution in [0.5, 0.6) is 5.75 Å². The number of nitro groups is 1. The van der Waals surface area contributed by atoms with Gasteiger partial charge < -0.3 is 4.74 Å². The van der Waals surface area contributed by atoms with Crippen molar-refractivity contribution in [3.8, 4) is 5.75 Å². The molecule has 0 radical (unpaired) electrons. The third-order valence-electron chi connectivity index (χ3n) is 2.37. The van der Waals surface area contributed by atoms with E-state index in [-0.39, 0.29) is 11.4 Å². The highest BCUT2D eigenvalue weighted by Gasteiger charge is 2.25. The zero-order valence-electron chi connectivity index (χ0n) is 9.39. The van der Waals surface area contributed by atoms with Crippen LogP contribution >= 0.6 is 0 Å². The molecule has 0 amide bonds. The second-order valence-corrected chi connectivity index (χ2v) is 3.77. The first-order valence-electron chi connectivity index (χ1n) is 4.63. The zero-order chi connectivity index (χ0) is 12.3. The van der Waals surface area contributed by atoms with Crippen molar-refractivity contribution in [2.24, 2.45) is 5.90 Å². The van der Waals surface area contributed by atoms with Crippen LogP contribution in [0.2, 0.25) is 0 Å².